The number of aryl methyl sites for hydroxylation is 1. The number of aromatic nitrogens is 4. The topological polar surface area (TPSA) is 77.7 Å². The van der Waals surface area contributed by atoms with E-state index in [1.807, 2.05) is 48.5 Å². The first-order chi connectivity index (χ1) is 11.2. The third-order valence-corrected chi connectivity index (χ3v) is 5.08. The molecule has 23 heavy (non-hydrogen) atoms. The summed E-state index contributed by atoms with van der Waals surface area (Å²) < 4.78 is 26.3. The fraction of sp³-hybridized carbons (Fsp3) is 0.188. The highest BCUT2D eigenvalue weighted by Gasteiger charge is 2.23. The van der Waals surface area contributed by atoms with Crippen LogP contribution in [0, 0.1) is 0 Å². The molecular weight excluding hydrogens is 312 g/mol. The average molecular weight is 328 g/mol. The molecule has 0 N–H and O–H groups in total. The van der Waals surface area contributed by atoms with Gasteiger partial charge < -0.3 is 0 Å². The summed E-state index contributed by atoms with van der Waals surface area (Å²) in [6.07, 6.45) is 1.22. The van der Waals surface area contributed by atoms with E-state index in [4.69, 9.17) is 0 Å². The van der Waals surface area contributed by atoms with E-state index in [1.165, 1.54) is 4.68 Å². The van der Waals surface area contributed by atoms with Crippen LogP contribution in [0.3, 0.4) is 0 Å². The van der Waals surface area contributed by atoms with Crippen LogP contribution < -0.4 is 0 Å². The minimum Gasteiger partial charge on any atom is -0.220 e. The van der Waals surface area contributed by atoms with Crippen LogP contribution >= 0.6 is 0 Å². The summed E-state index contributed by atoms with van der Waals surface area (Å²) in [4.78, 5) is 0. The van der Waals surface area contributed by atoms with Crippen molar-refractivity contribution in [2.75, 3.05) is 5.75 Å². The van der Waals surface area contributed by atoms with Crippen molar-refractivity contribution in [1.82, 2.24) is 20.2 Å². The second-order valence-electron chi connectivity index (χ2n) is 5.12. The standard InChI is InChI=1S/C16H16N4O2S/c21-23(22,13-7-10-14-8-3-1-4-9-14)16-17-18-19-20(16)15-11-5-2-6-12-15/h1-6,8-9,11-12H,7,10,13H2. The maximum absolute atomic E-state index is 12.5. The molecule has 0 atom stereocenters. The lowest BCUT2D eigenvalue weighted by molar-refractivity contribution is 0.577. The van der Waals surface area contributed by atoms with Crippen molar-refractivity contribution >= 4 is 9.84 Å². The van der Waals surface area contributed by atoms with E-state index in [2.05, 4.69) is 15.5 Å². The minimum absolute atomic E-state index is 0.00903. The molecule has 3 rings (SSSR count). The van der Waals surface area contributed by atoms with Gasteiger partial charge in [0.15, 0.2) is 0 Å². The Bertz CT molecular complexity index is 861. The predicted molar refractivity (Wildman–Crippen MR) is 86.0 cm³/mol. The molecule has 0 amide bonds. The first-order valence-electron chi connectivity index (χ1n) is 7.27. The minimum atomic E-state index is -3.54. The fourth-order valence-corrected chi connectivity index (χ4v) is 3.58. The quantitative estimate of drug-likeness (QED) is 0.692. The Balaban J connectivity index is 1.75. The largest absolute Gasteiger partial charge is 0.272 e. The highest BCUT2D eigenvalue weighted by molar-refractivity contribution is 7.91. The lowest BCUT2D eigenvalue weighted by Gasteiger charge is -2.06. The van der Waals surface area contributed by atoms with Crippen molar-refractivity contribution in [3.63, 3.8) is 0 Å². The predicted octanol–water partition coefficient (Wildman–Crippen LogP) is 2.07. The molecule has 1 heterocycles. The Morgan fingerprint density at radius 3 is 2.26 bits per heavy atom. The van der Waals surface area contributed by atoms with Crippen molar-refractivity contribution in [2.45, 2.75) is 18.0 Å². The normalized spacial score (nSPS) is 11.5. The molecule has 0 saturated heterocycles. The first kappa shape index (κ1) is 15.4. The van der Waals surface area contributed by atoms with Crippen molar-refractivity contribution < 1.29 is 8.42 Å². The monoisotopic (exact) mass is 328 g/mol. The van der Waals surface area contributed by atoms with Crippen LogP contribution in [-0.4, -0.2) is 34.4 Å². The van der Waals surface area contributed by atoms with Gasteiger partial charge in [0.05, 0.1) is 11.4 Å². The molecule has 2 aromatic carbocycles. The summed E-state index contributed by atoms with van der Waals surface area (Å²) in [5, 5.41) is 10.9. The highest BCUT2D eigenvalue weighted by Crippen LogP contribution is 2.14. The number of benzene rings is 2. The van der Waals surface area contributed by atoms with Gasteiger partial charge in [0, 0.05) is 0 Å². The molecule has 6 nitrogen and oxygen atoms in total. The fourth-order valence-electron chi connectivity index (χ4n) is 2.31. The molecule has 0 bridgehead atoms. The molecule has 3 aromatic rings. The number of rotatable bonds is 6. The molecule has 0 aliphatic carbocycles. The van der Waals surface area contributed by atoms with Crippen LogP contribution in [-0.2, 0) is 16.3 Å². The maximum atomic E-state index is 12.5. The van der Waals surface area contributed by atoms with E-state index < -0.39 is 9.84 Å². The molecule has 0 unspecified atom stereocenters. The van der Waals surface area contributed by atoms with Gasteiger partial charge in [-0.05, 0) is 41.0 Å². The third-order valence-electron chi connectivity index (χ3n) is 3.44. The van der Waals surface area contributed by atoms with Gasteiger partial charge >= 0.3 is 0 Å². The van der Waals surface area contributed by atoms with Crippen LogP contribution in [0.4, 0.5) is 0 Å². The van der Waals surface area contributed by atoms with E-state index >= 15 is 0 Å². The van der Waals surface area contributed by atoms with E-state index in [-0.39, 0.29) is 10.9 Å². The van der Waals surface area contributed by atoms with Crippen molar-refractivity contribution in [2.24, 2.45) is 0 Å². The molecule has 118 valence electrons. The summed E-state index contributed by atoms with van der Waals surface area (Å²) in [6, 6.07) is 18.8. The van der Waals surface area contributed by atoms with Crippen LogP contribution in [0.25, 0.3) is 5.69 Å². The van der Waals surface area contributed by atoms with Crippen molar-refractivity contribution in [1.29, 1.82) is 0 Å². The zero-order chi connectivity index (χ0) is 16.1. The Morgan fingerprint density at radius 1 is 0.913 bits per heavy atom. The van der Waals surface area contributed by atoms with Crippen LogP contribution in [0.15, 0.2) is 65.8 Å². The van der Waals surface area contributed by atoms with E-state index in [1.54, 1.807) is 12.1 Å². The number of para-hydroxylation sites is 1. The van der Waals surface area contributed by atoms with Gasteiger partial charge in [0.25, 0.3) is 5.16 Å². The van der Waals surface area contributed by atoms with Gasteiger partial charge in [-0.15, -0.1) is 0 Å². The molecule has 0 saturated carbocycles. The first-order valence-corrected chi connectivity index (χ1v) is 8.92. The number of tetrazole rings is 1. The van der Waals surface area contributed by atoms with Crippen molar-refractivity contribution in [3.8, 4) is 5.69 Å². The van der Waals surface area contributed by atoms with Gasteiger partial charge in [-0.3, -0.25) is 0 Å². The SMILES string of the molecule is O=S(=O)(CCCc1ccccc1)c1nnnn1-c1ccccc1. The number of sulfone groups is 1. The third kappa shape index (κ3) is 3.62. The average Bonchev–Trinajstić information content (AvgIpc) is 3.07. The Labute approximate surface area is 134 Å². The van der Waals surface area contributed by atoms with Crippen molar-refractivity contribution in [3.05, 3.63) is 66.2 Å². The summed E-state index contributed by atoms with van der Waals surface area (Å²) in [5.41, 5.74) is 1.74. The molecule has 7 heteroatoms. The Hall–Kier alpha value is -2.54. The van der Waals surface area contributed by atoms with Crippen LogP contribution in [0.1, 0.15) is 12.0 Å². The lowest BCUT2D eigenvalue weighted by atomic mass is 10.1. The summed E-state index contributed by atoms with van der Waals surface area (Å²) >= 11 is 0. The number of nitrogens with zero attached hydrogens (tertiary/aromatic N) is 4. The zero-order valence-electron chi connectivity index (χ0n) is 12.4. The Morgan fingerprint density at radius 2 is 1.57 bits per heavy atom. The summed E-state index contributed by atoms with van der Waals surface area (Å²) in [5.74, 6) is 0.00903. The molecule has 0 spiro atoms. The molecule has 0 aliphatic heterocycles. The van der Waals surface area contributed by atoms with Gasteiger partial charge in [-0.2, -0.15) is 4.68 Å². The smallest absolute Gasteiger partial charge is 0.220 e. The van der Waals surface area contributed by atoms with E-state index in [0.29, 0.717) is 18.5 Å². The molecular formula is C16H16N4O2S. The second kappa shape index (κ2) is 6.70. The summed E-state index contributed by atoms with van der Waals surface area (Å²) in [6.45, 7) is 0. The number of hydrogen-bond donors (Lipinski definition) is 0. The molecule has 0 fully saturated rings. The lowest BCUT2D eigenvalue weighted by Crippen LogP contribution is -2.14. The second-order valence-corrected chi connectivity index (χ2v) is 7.12. The van der Waals surface area contributed by atoms with Gasteiger partial charge in [-0.25, -0.2) is 8.42 Å². The zero-order valence-corrected chi connectivity index (χ0v) is 13.2. The van der Waals surface area contributed by atoms with E-state index in [9.17, 15) is 8.42 Å². The van der Waals surface area contributed by atoms with Gasteiger partial charge in [0.1, 0.15) is 0 Å². The van der Waals surface area contributed by atoms with Gasteiger partial charge in [0.2, 0.25) is 9.84 Å². The summed E-state index contributed by atoms with van der Waals surface area (Å²) in [7, 11) is -3.54. The van der Waals surface area contributed by atoms with Crippen LogP contribution in [0.2, 0.25) is 0 Å². The maximum Gasteiger partial charge on any atom is 0.272 e. The molecule has 1 aromatic heterocycles. The highest BCUT2D eigenvalue weighted by atomic mass is 32.2. The number of hydrogen-bond acceptors (Lipinski definition) is 5. The van der Waals surface area contributed by atoms with Crippen LogP contribution in [0.5, 0.6) is 0 Å². The van der Waals surface area contributed by atoms with E-state index in [0.717, 1.165) is 5.56 Å². The molecule has 0 aliphatic rings. The Kier molecular flexibility index (Phi) is 4.47. The van der Waals surface area contributed by atoms with Gasteiger partial charge in [-0.1, -0.05) is 53.6 Å². The molecule has 0 radical (unpaired) electrons.